The maximum atomic E-state index is 10.8. The third kappa shape index (κ3) is 6.23. The number of carbonyl (C=O) groups is 1. The SMILES string of the molecule is CC(C)CCC[C@@H](C)[C@H]1CC[C@H]2[C@@H]3CC=C4CC(O)CC(CCCCCCCC(=O)O)[C@]4(C)[C@H]3CC[C@]12C. The predicted molar refractivity (Wildman–Crippen MR) is 158 cm³/mol. The van der Waals surface area contributed by atoms with Crippen molar-refractivity contribution >= 4 is 5.97 Å². The summed E-state index contributed by atoms with van der Waals surface area (Å²) in [5.74, 6) is 5.04. The number of allylic oxidation sites excluding steroid dienone is 1. The van der Waals surface area contributed by atoms with Gasteiger partial charge in [-0.2, -0.15) is 0 Å². The number of fused-ring (bicyclic) bond motifs is 5. The number of aliphatic carboxylic acids is 1. The van der Waals surface area contributed by atoms with E-state index in [4.69, 9.17) is 5.11 Å². The van der Waals surface area contributed by atoms with Crippen molar-refractivity contribution in [3.05, 3.63) is 11.6 Å². The quantitative estimate of drug-likeness (QED) is 0.185. The second kappa shape index (κ2) is 12.8. The molecule has 218 valence electrons. The van der Waals surface area contributed by atoms with Crippen molar-refractivity contribution in [1.82, 2.24) is 0 Å². The summed E-state index contributed by atoms with van der Waals surface area (Å²) in [6.45, 7) is 12.6. The Morgan fingerprint density at radius 1 is 0.974 bits per heavy atom. The van der Waals surface area contributed by atoms with Gasteiger partial charge in [-0.1, -0.05) is 91.2 Å². The lowest BCUT2D eigenvalue weighted by atomic mass is 9.44. The van der Waals surface area contributed by atoms with Crippen LogP contribution in [0.5, 0.6) is 0 Å². The van der Waals surface area contributed by atoms with Crippen molar-refractivity contribution < 1.29 is 15.0 Å². The summed E-state index contributed by atoms with van der Waals surface area (Å²) in [4.78, 5) is 10.8. The Hall–Kier alpha value is -0.830. The average Bonchev–Trinajstić information content (AvgIpc) is 3.21. The first-order valence-electron chi connectivity index (χ1n) is 16.7. The normalized spacial score (nSPS) is 39.3. The number of aliphatic hydroxyl groups excluding tert-OH is 1. The van der Waals surface area contributed by atoms with Crippen LogP contribution in [0, 0.1) is 52.3 Å². The summed E-state index contributed by atoms with van der Waals surface area (Å²) in [6, 6.07) is 0. The van der Waals surface area contributed by atoms with Crippen molar-refractivity contribution in [3.8, 4) is 0 Å². The lowest BCUT2D eigenvalue weighted by molar-refractivity contribution is -0.137. The number of hydrogen-bond acceptors (Lipinski definition) is 2. The summed E-state index contributed by atoms with van der Waals surface area (Å²) in [5, 5.41) is 19.7. The molecule has 0 aromatic rings. The van der Waals surface area contributed by atoms with Gasteiger partial charge in [0, 0.05) is 6.42 Å². The third-order valence-electron chi connectivity index (χ3n) is 12.5. The molecule has 0 bridgehead atoms. The molecule has 2 unspecified atom stereocenters. The zero-order valence-electron chi connectivity index (χ0n) is 25.5. The molecule has 4 aliphatic carbocycles. The minimum atomic E-state index is -0.668. The number of rotatable bonds is 13. The van der Waals surface area contributed by atoms with Crippen molar-refractivity contribution in [2.24, 2.45) is 52.3 Å². The zero-order chi connectivity index (χ0) is 27.5. The molecule has 0 saturated heterocycles. The van der Waals surface area contributed by atoms with Crippen LogP contribution in [0.25, 0.3) is 0 Å². The Morgan fingerprint density at radius 3 is 2.45 bits per heavy atom. The molecule has 4 aliphatic rings. The van der Waals surface area contributed by atoms with E-state index in [1.165, 1.54) is 70.6 Å². The average molecular weight is 529 g/mol. The lowest BCUT2D eigenvalue weighted by Crippen LogP contribution is -2.53. The summed E-state index contributed by atoms with van der Waals surface area (Å²) < 4.78 is 0. The molecule has 9 atom stereocenters. The largest absolute Gasteiger partial charge is 0.481 e. The molecule has 38 heavy (non-hydrogen) atoms. The first-order chi connectivity index (χ1) is 18.1. The van der Waals surface area contributed by atoms with Gasteiger partial charge >= 0.3 is 5.97 Å². The Kier molecular flexibility index (Phi) is 10.1. The standard InChI is InChI=1S/C35H60O3/c1-24(2)12-11-13-25(3)30-18-19-31-29-17-16-27-23-28(36)22-26(14-9-7-6-8-10-15-33(37)38)35(27,5)32(29)20-21-34(30,31)4/h16,24-26,28-32,36H,6-15,17-23H2,1-5H3,(H,37,38)/t25-,26?,28?,29+,30-,31+,32+,34-,35+/m1/s1. The maximum Gasteiger partial charge on any atom is 0.303 e. The number of hydrogen-bond donors (Lipinski definition) is 2. The summed E-state index contributed by atoms with van der Waals surface area (Å²) >= 11 is 0. The Balaban J connectivity index is 1.41. The Labute approximate surface area is 234 Å². The monoisotopic (exact) mass is 528 g/mol. The highest BCUT2D eigenvalue weighted by Crippen LogP contribution is 2.68. The van der Waals surface area contributed by atoms with Crippen LogP contribution in [-0.2, 0) is 4.79 Å². The molecule has 3 nitrogen and oxygen atoms in total. The molecule has 3 saturated carbocycles. The van der Waals surface area contributed by atoms with Crippen LogP contribution in [0.2, 0.25) is 0 Å². The van der Waals surface area contributed by atoms with Gasteiger partial charge in [0.2, 0.25) is 0 Å². The van der Waals surface area contributed by atoms with Crippen LogP contribution in [0.3, 0.4) is 0 Å². The van der Waals surface area contributed by atoms with Crippen LogP contribution in [0.1, 0.15) is 144 Å². The van der Waals surface area contributed by atoms with E-state index in [0.29, 0.717) is 17.8 Å². The molecule has 0 aromatic heterocycles. The van der Waals surface area contributed by atoms with Crippen LogP contribution in [0.4, 0.5) is 0 Å². The molecule has 0 heterocycles. The molecule has 4 rings (SSSR count). The fourth-order valence-corrected chi connectivity index (χ4v) is 10.5. The second-order valence-corrected chi connectivity index (χ2v) is 15.1. The van der Waals surface area contributed by atoms with Crippen molar-refractivity contribution in [3.63, 3.8) is 0 Å². The van der Waals surface area contributed by atoms with E-state index in [1.54, 1.807) is 5.57 Å². The van der Waals surface area contributed by atoms with Crippen LogP contribution in [0.15, 0.2) is 11.6 Å². The zero-order valence-corrected chi connectivity index (χ0v) is 25.5. The van der Waals surface area contributed by atoms with Gasteiger partial charge < -0.3 is 10.2 Å². The minimum absolute atomic E-state index is 0.164. The predicted octanol–water partition coefficient (Wildman–Crippen LogP) is 9.43. The van der Waals surface area contributed by atoms with E-state index < -0.39 is 5.97 Å². The van der Waals surface area contributed by atoms with Crippen LogP contribution < -0.4 is 0 Å². The van der Waals surface area contributed by atoms with E-state index in [2.05, 4.69) is 40.7 Å². The molecular weight excluding hydrogens is 468 g/mol. The molecule has 0 aliphatic heterocycles. The fourth-order valence-electron chi connectivity index (χ4n) is 10.5. The van der Waals surface area contributed by atoms with Gasteiger partial charge in [-0.15, -0.1) is 0 Å². The second-order valence-electron chi connectivity index (χ2n) is 15.1. The minimum Gasteiger partial charge on any atom is -0.481 e. The van der Waals surface area contributed by atoms with E-state index >= 15 is 0 Å². The molecule has 3 fully saturated rings. The van der Waals surface area contributed by atoms with Gasteiger partial charge in [0.1, 0.15) is 0 Å². The number of carboxylic acids is 1. The lowest BCUT2D eigenvalue weighted by Gasteiger charge is -2.61. The summed E-state index contributed by atoms with van der Waals surface area (Å²) in [7, 11) is 0. The first kappa shape index (κ1) is 30.1. The summed E-state index contributed by atoms with van der Waals surface area (Å²) in [5.41, 5.74) is 2.40. The van der Waals surface area contributed by atoms with E-state index in [9.17, 15) is 9.90 Å². The Bertz CT molecular complexity index is 816. The Morgan fingerprint density at radius 2 is 1.71 bits per heavy atom. The maximum absolute atomic E-state index is 10.8. The van der Waals surface area contributed by atoms with Gasteiger partial charge in [-0.25, -0.2) is 0 Å². The molecule has 0 aromatic carbocycles. The van der Waals surface area contributed by atoms with Crippen molar-refractivity contribution in [1.29, 1.82) is 0 Å². The van der Waals surface area contributed by atoms with E-state index in [0.717, 1.165) is 67.6 Å². The third-order valence-corrected chi connectivity index (χ3v) is 12.5. The first-order valence-corrected chi connectivity index (χ1v) is 16.7. The van der Waals surface area contributed by atoms with E-state index in [1.807, 2.05) is 0 Å². The number of carboxylic acid groups (broad SMARTS) is 1. The van der Waals surface area contributed by atoms with Crippen molar-refractivity contribution in [2.75, 3.05) is 0 Å². The highest BCUT2D eigenvalue weighted by molar-refractivity contribution is 5.66. The molecule has 0 amide bonds. The smallest absolute Gasteiger partial charge is 0.303 e. The number of aliphatic hydroxyl groups is 1. The molecule has 0 spiro atoms. The van der Waals surface area contributed by atoms with Crippen LogP contribution in [-0.4, -0.2) is 22.3 Å². The fraction of sp³-hybridized carbons (Fsp3) is 0.914. The molecular formula is C35H60O3. The topological polar surface area (TPSA) is 57.5 Å². The van der Waals surface area contributed by atoms with Gasteiger partial charge in [-0.3, -0.25) is 4.79 Å². The molecule has 0 radical (unpaired) electrons. The van der Waals surface area contributed by atoms with Gasteiger partial charge in [0.15, 0.2) is 0 Å². The van der Waals surface area contributed by atoms with Gasteiger partial charge in [-0.05, 0) is 110 Å². The molecule has 2 N–H and O–H groups in total. The molecule has 3 heteroatoms. The van der Waals surface area contributed by atoms with Gasteiger partial charge in [0.25, 0.3) is 0 Å². The highest BCUT2D eigenvalue weighted by Gasteiger charge is 2.60. The highest BCUT2D eigenvalue weighted by atomic mass is 16.4. The van der Waals surface area contributed by atoms with Crippen molar-refractivity contribution in [2.45, 2.75) is 150 Å². The summed E-state index contributed by atoms with van der Waals surface area (Å²) in [6.07, 6.45) is 22.4. The van der Waals surface area contributed by atoms with Crippen LogP contribution >= 0.6 is 0 Å². The van der Waals surface area contributed by atoms with Gasteiger partial charge in [0.05, 0.1) is 6.10 Å². The van der Waals surface area contributed by atoms with E-state index in [-0.39, 0.29) is 11.5 Å². The number of unbranched alkanes of at least 4 members (excludes halogenated alkanes) is 4.